The van der Waals surface area contributed by atoms with Crippen LogP contribution in [0, 0.1) is 0 Å². The number of hydrogen-bond donors (Lipinski definition) is 1. The Kier molecular flexibility index (Phi) is 3.50. The molecule has 1 aromatic carbocycles. The molecule has 1 aliphatic heterocycles. The van der Waals surface area contributed by atoms with Crippen LogP contribution in [0.5, 0.6) is 0 Å². The number of nitrogens with one attached hydrogen (secondary N) is 1. The normalized spacial score (nSPS) is 14.4. The second-order valence-corrected chi connectivity index (χ2v) is 4.26. The molecule has 0 aliphatic carbocycles. The van der Waals surface area contributed by atoms with Gasteiger partial charge in [-0.2, -0.15) is 0 Å². The van der Waals surface area contributed by atoms with Gasteiger partial charge in [0.25, 0.3) is 0 Å². The Morgan fingerprint density at radius 3 is 2.67 bits per heavy atom. The molecule has 1 aromatic rings. The van der Waals surface area contributed by atoms with Crippen molar-refractivity contribution in [3.63, 3.8) is 0 Å². The third kappa shape index (κ3) is 2.16. The van der Waals surface area contributed by atoms with Crippen LogP contribution in [0.15, 0.2) is 24.3 Å². The van der Waals surface area contributed by atoms with Gasteiger partial charge in [-0.3, -0.25) is 9.69 Å². The van der Waals surface area contributed by atoms with Gasteiger partial charge in [0.15, 0.2) is 0 Å². The summed E-state index contributed by atoms with van der Waals surface area (Å²) in [5, 5.41) is 2.79. The average Bonchev–Trinajstić information content (AvgIpc) is 2.40. The highest BCUT2D eigenvalue weighted by atomic mass is 16.2. The molecule has 0 saturated carbocycles. The second-order valence-electron chi connectivity index (χ2n) is 4.26. The highest BCUT2D eigenvalue weighted by Gasteiger charge is 2.29. The van der Waals surface area contributed by atoms with Gasteiger partial charge in [0.2, 0.25) is 5.91 Å². The number of urea groups is 1. The summed E-state index contributed by atoms with van der Waals surface area (Å²) in [6.07, 6.45) is 0.870. The molecule has 0 radical (unpaired) electrons. The lowest BCUT2D eigenvalue weighted by molar-refractivity contribution is -0.117. The Balaban J connectivity index is 2.30. The van der Waals surface area contributed by atoms with Crippen LogP contribution in [0.25, 0.3) is 0 Å². The van der Waals surface area contributed by atoms with Gasteiger partial charge in [-0.25, -0.2) is 4.79 Å². The maximum Gasteiger partial charge on any atom is 0.322 e. The molecule has 5 heteroatoms. The minimum Gasteiger partial charge on any atom is -0.338 e. The van der Waals surface area contributed by atoms with E-state index in [4.69, 9.17) is 0 Å². The first-order chi connectivity index (χ1) is 8.65. The first kappa shape index (κ1) is 12.4. The van der Waals surface area contributed by atoms with E-state index in [0.29, 0.717) is 6.54 Å². The molecule has 96 valence electrons. The highest BCUT2D eigenvalue weighted by molar-refractivity contribution is 6.10. The molecule has 0 fully saturated rings. The predicted molar refractivity (Wildman–Crippen MR) is 70.9 cm³/mol. The van der Waals surface area contributed by atoms with E-state index in [1.54, 1.807) is 11.9 Å². The average molecular weight is 247 g/mol. The maximum atomic E-state index is 12.0. The highest BCUT2D eigenvalue weighted by Crippen LogP contribution is 2.32. The van der Waals surface area contributed by atoms with Gasteiger partial charge < -0.3 is 10.2 Å². The molecule has 0 bridgehead atoms. The number of fused-ring (bicyclic) bond motifs is 1. The number of likely N-dealkylation sites (N-methyl/N-ethyl adjacent to an activating group) is 1. The van der Waals surface area contributed by atoms with Crippen LogP contribution >= 0.6 is 0 Å². The molecular weight excluding hydrogens is 230 g/mol. The zero-order valence-electron chi connectivity index (χ0n) is 10.6. The summed E-state index contributed by atoms with van der Waals surface area (Å²) in [7, 11) is 1.72. The van der Waals surface area contributed by atoms with E-state index in [1.807, 2.05) is 31.2 Å². The van der Waals surface area contributed by atoms with Gasteiger partial charge in [-0.15, -0.1) is 0 Å². The van der Waals surface area contributed by atoms with Crippen molar-refractivity contribution in [1.82, 2.24) is 5.32 Å². The molecular formula is C13H17N3O2. The van der Waals surface area contributed by atoms with E-state index in [-0.39, 0.29) is 18.5 Å². The van der Waals surface area contributed by atoms with Gasteiger partial charge in [-0.05, 0) is 18.6 Å². The smallest absolute Gasteiger partial charge is 0.322 e. The molecule has 2 rings (SSSR count). The van der Waals surface area contributed by atoms with Crippen molar-refractivity contribution >= 4 is 23.3 Å². The van der Waals surface area contributed by atoms with Crippen LogP contribution in [-0.2, 0) is 4.79 Å². The Morgan fingerprint density at radius 2 is 2.00 bits per heavy atom. The van der Waals surface area contributed by atoms with Crippen LogP contribution in [0.1, 0.15) is 13.3 Å². The zero-order chi connectivity index (χ0) is 13.1. The van der Waals surface area contributed by atoms with Crippen molar-refractivity contribution in [2.24, 2.45) is 0 Å². The first-order valence-electron chi connectivity index (χ1n) is 6.06. The summed E-state index contributed by atoms with van der Waals surface area (Å²) in [5.41, 5.74) is 1.54. The van der Waals surface area contributed by atoms with E-state index >= 15 is 0 Å². The molecule has 0 unspecified atom stereocenters. The topological polar surface area (TPSA) is 52.7 Å². The van der Waals surface area contributed by atoms with Gasteiger partial charge in [0.05, 0.1) is 11.4 Å². The lowest BCUT2D eigenvalue weighted by atomic mass is 10.2. The quantitative estimate of drug-likeness (QED) is 0.862. The van der Waals surface area contributed by atoms with E-state index in [0.717, 1.165) is 17.8 Å². The zero-order valence-corrected chi connectivity index (χ0v) is 10.6. The number of benzene rings is 1. The van der Waals surface area contributed by atoms with Crippen LogP contribution in [-0.4, -0.2) is 32.1 Å². The van der Waals surface area contributed by atoms with Gasteiger partial charge in [-0.1, -0.05) is 19.1 Å². The summed E-state index contributed by atoms with van der Waals surface area (Å²) in [5.74, 6) is -0.0830. The number of hydrogen-bond acceptors (Lipinski definition) is 2. The third-order valence-corrected chi connectivity index (χ3v) is 2.97. The number of amides is 3. The molecule has 0 spiro atoms. The summed E-state index contributed by atoms with van der Waals surface area (Å²) in [4.78, 5) is 26.9. The summed E-state index contributed by atoms with van der Waals surface area (Å²) in [6, 6.07) is 7.19. The van der Waals surface area contributed by atoms with Crippen molar-refractivity contribution in [3.8, 4) is 0 Å². The van der Waals surface area contributed by atoms with Gasteiger partial charge in [0, 0.05) is 13.6 Å². The molecule has 1 N–H and O–H groups in total. The number of anilines is 2. The molecule has 3 amide bonds. The summed E-state index contributed by atoms with van der Waals surface area (Å²) >= 11 is 0. The standard InChI is InChI=1S/C13H17N3O2/c1-3-8-14-13(18)16-9-12(17)15(2)10-6-4-5-7-11(10)16/h4-7H,3,8-9H2,1-2H3,(H,14,18). The lowest BCUT2D eigenvalue weighted by Crippen LogP contribution is -2.50. The van der Waals surface area contributed by atoms with Crippen LogP contribution in [0.3, 0.4) is 0 Å². The number of carbonyl (C=O) groups excluding carboxylic acids is 2. The fraction of sp³-hybridized carbons (Fsp3) is 0.385. The largest absolute Gasteiger partial charge is 0.338 e. The maximum absolute atomic E-state index is 12.0. The van der Waals surface area contributed by atoms with Crippen molar-refractivity contribution < 1.29 is 9.59 Å². The third-order valence-electron chi connectivity index (χ3n) is 2.97. The van der Waals surface area contributed by atoms with Gasteiger partial charge >= 0.3 is 6.03 Å². The van der Waals surface area contributed by atoms with E-state index < -0.39 is 0 Å². The van der Waals surface area contributed by atoms with Gasteiger partial charge in [0.1, 0.15) is 6.54 Å². The Hall–Kier alpha value is -2.04. The fourth-order valence-corrected chi connectivity index (χ4v) is 1.95. The monoisotopic (exact) mass is 247 g/mol. The summed E-state index contributed by atoms with van der Waals surface area (Å²) < 4.78 is 0. The number of carbonyl (C=O) groups is 2. The molecule has 18 heavy (non-hydrogen) atoms. The lowest BCUT2D eigenvalue weighted by Gasteiger charge is -2.33. The van der Waals surface area contributed by atoms with Crippen molar-refractivity contribution in [2.75, 3.05) is 29.9 Å². The van der Waals surface area contributed by atoms with E-state index in [2.05, 4.69) is 5.32 Å². The number of para-hydroxylation sites is 2. The Morgan fingerprint density at radius 1 is 1.33 bits per heavy atom. The molecule has 0 atom stereocenters. The van der Waals surface area contributed by atoms with Crippen molar-refractivity contribution in [3.05, 3.63) is 24.3 Å². The van der Waals surface area contributed by atoms with E-state index in [1.165, 1.54) is 4.90 Å². The second kappa shape index (κ2) is 5.08. The van der Waals surface area contributed by atoms with Crippen molar-refractivity contribution in [2.45, 2.75) is 13.3 Å². The van der Waals surface area contributed by atoms with E-state index in [9.17, 15) is 9.59 Å². The first-order valence-corrected chi connectivity index (χ1v) is 6.06. The van der Waals surface area contributed by atoms with Crippen LogP contribution in [0.4, 0.5) is 16.2 Å². The predicted octanol–water partition coefficient (Wildman–Crippen LogP) is 1.59. The van der Waals surface area contributed by atoms with Crippen LogP contribution in [0.2, 0.25) is 0 Å². The SMILES string of the molecule is CCCNC(=O)N1CC(=O)N(C)c2ccccc21. The Bertz CT molecular complexity index is 473. The molecule has 0 aromatic heterocycles. The Labute approximate surface area is 106 Å². The van der Waals surface area contributed by atoms with Crippen LogP contribution < -0.4 is 15.1 Å². The number of nitrogens with zero attached hydrogens (tertiary/aromatic N) is 2. The minimum atomic E-state index is -0.217. The number of rotatable bonds is 2. The fourth-order valence-electron chi connectivity index (χ4n) is 1.95. The summed E-state index contributed by atoms with van der Waals surface area (Å²) in [6.45, 7) is 2.69. The molecule has 1 heterocycles. The minimum absolute atomic E-state index is 0.0830. The van der Waals surface area contributed by atoms with Crippen molar-refractivity contribution in [1.29, 1.82) is 0 Å². The molecule has 5 nitrogen and oxygen atoms in total. The molecule has 1 aliphatic rings. The molecule has 0 saturated heterocycles.